The van der Waals surface area contributed by atoms with Gasteiger partial charge >= 0.3 is 5.97 Å². The van der Waals surface area contributed by atoms with Crippen molar-refractivity contribution in [3.63, 3.8) is 0 Å². The van der Waals surface area contributed by atoms with Crippen molar-refractivity contribution in [2.45, 2.75) is 18.7 Å². The SMILES string of the molecule is Cc1c(C#N)c(NC(=O)COC(=O)CN2C(=O)c3ccccc3S2(=O)=O)n(-c2ccccc2)c1C. The smallest absolute Gasteiger partial charge is 0.327 e. The molecule has 10 nitrogen and oxygen atoms in total. The number of nitriles is 1. The molecule has 0 bridgehead atoms. The van der Waals surface area contributed by atoms with Gasteiger partial charge in [-0.2, -0.15) is 5.26 Å². The monoisotopic (exact) mass is 492 g/mol. The molecule has 0 radical (unpaired) electrons. The van der Waals surface area contributed by atoms with Gasteiger partial charge in [-0.3, -0.25) is 19.0 Å². The first-order chi connectivity index (χ1) is 16.7. The van der Waals surface area contributed by atoms with Gasteiger partial charge in [-0.05, 0) is 43.7 Å². The van der Waals surface area contributed by atoms with Crippen molar-refractivity contribution < 1.29 is 27.5 Å². The summed E-state index contributed by atoms with van der Waals surface area (Å²) in [6.45, 7) is 1.96. The molecule has 0 aliphatic carbocycles. The van der Waals surface area contributed by atoms with Gasteiger partial charge in [0.05, 0.1) is 11.1 Å². The van der Waals surface area contributed by atoms with Crippen molar-refractivity contribution in [2.24, 2.45) is 0 Å². The number of nitrogens with zero attached hydrogens (tertiary/aromatic N) is 3. The number of sulfonamides is 1. The standard InChI is InChI=1S/C24H20N4O6S/c1-15-16(2)28(17-8-4-3-5-9-17)23(19(15)12-25)26-21(29)14-34-22(30)13-27-24(31)18-10-6-7-11-20(18)35(27,32)33/h3-11H,13-14H2,1-2H3,(H,26,29). The van der Waals surface area contributed by atoms with Crippen LogP contribution in [0.5, 0.6) is 0 Å². The van der Waals surface area contributed by atoms with Crippen LogP contribution < -0.4 is 5.32 Å². The van der Waals surface area contributed by atoms with Crippen molar-refractivity contribution in [1.82, 2.24) is 8.87 Å². The molecule has 0 unspecified atom stereocenters. The summed E-state index contributed by atoms with van der Waals surface area (Å²) in [5.74, 6) is -2.42. The Hall–Kier alpha value is -4.43. The maximum Gasteiger partial charge on any atom is 0.327 e. The fourth-order valence-corrected chi connectivity index (χ4v) is 5.34. The van der Waals surface area contributed by atoms with Crippen LogP contribution >= 0.6 is 0 Å². The van der Waals surface area contributed by atoms with Gasteiger partial charge in [0.2, 0.25) is 0 Å². The zero-order valence-corrected chi connectivity index (χ0v) is 19.6. The van der Waals surface area contributed by atoms with Crippen molar-refractivity contribution in [2.75, 3.05) is 18.5 Å². The van der Waals surface area contributed by atoms with E-state index in [4.69, 9.17) is 4.74 Å². The molecule has 0 fully saturated rings. The Morgan fingerprint density at radius 3 is 2.37 bits per heavy atom. The van der Waals surface area contributed by atoms with Crippen molar-refractivity contribution in [1.29, 1.82) is 5.26 Å². The summed E-state index contributed by atoms with van der Waals surface area (Å²) >= 11 is 0. The Labute approximate surface area is 201 Å². The lowest BCUT2D eigenvalue weighted by Gasteiger charge is -2.15. The summed E-state index contributed by atoms with van der Waals surface area (Å²) in [4.78, 5) is 37.1. The average Bonchev–Trinajstić information content (AvgIpc) is 3.20. The number of nitrogens with one attached hydrogen (secondary N) is 1. The third-order valence-electron chi connectivity index (χ3n) is 5.65. The largest absolute Gasteiger partial charge is 0.454 e. The molecule has 0 atom stereocenters. The van der Waals surface area contributed by atoms with Crippen LogP contribution in [0.3, 0.4) is 0 Å². The third-order valence-corrected chi connectivity index (χ3v) is 7.43. The number of carbonyl (C=O) groups excluding carboxylic acids is 3. The topological polar surface area (TPSA) is 139 Å². The highest BCUT2D eigenvalue weighted by Gasteiger charge is 2.42. The second kappa shape index (κ2) is 9.08. The molecule has 0 spiro atoms. The Balaban J connectivity index is 1.46. The van der Waals surface area contributed by atoms with E-state index in [9.17, 15) is 28.1 Å². The molecule has 2 heterocycles. The number of hydrogen-bond donors (Lipinski definition) is 1. The van der Waals surface area contributed by atoms with Crippen LogP contribution in [0.25, 0.3) is 5.69 Å². The van der Waals surface area contributed by atoms with E-state index in [0.717, 1.165) is 11.4 Å². The third kappa shape index (κ3) is 4.15. The number of carbonyl (C=O) groups is 3. The van der Waals surface area contributed by atoms with E-state index in [1.54, 1.807) is 11.5 Å². The van der Waals surface area contributed by atoms with E-state index in [0.29, 0.717) is 9.87 Å². The molecule has 1 aliphatic rings. The second-order valence-electron chi connectivity index (χ2n) is 7.74. The van der Waals surface area contributed by atoms with Gasteiger partial charge in [0.25, 0.3) is 21.8 Å². The Morgan fingerprint density at radius 1 is 1.06 bits per heavy atom. The lowest BCUT2D eigenvalue weighted by molar-refractivity contribution is -0.147. The highest BCUT2D eigenvalue weighted by Crippen LogP contribution is 2.31. The minimum atomic E-state index is -4.18. The summed E-state index contributed by atoms with van der Waals surface area (Å²) in [7, 11) is -4.18. The van der Waals surface area contributed by atoms with Crippen molar-refractivity contribution in [3.8, 4) is 11.8 Å². The molecule has 1 aliphatic heterocycles. The molecule has 0 saturated carbocycles. The molecule has 2 aromatic carbocycles. The highest BCUT2D eigenvalue weighted by molar-refractivity contribution is 7.90. The van der Waals surface area contributed by atoms with E-state index in [-0.39, 0.29) is 21.8 Å². The fraction of sp³-hybridized carbons (Fsp3) is 0.167. The number of hydrogen-bond acceptors (Lipinski definition) is 7. The maximum atomic E-state index is 12.6. The Morgan fingerprint density at radius 2 is 1.71 bits per heavy atom. The number of para-hydroxylation sites is 1. The average molecular weight is 493 g/mol. The summed E-state index contributed by atoms with van der Waals surface area (Å²) in [6, 6.07) is 16.8. The molecule has 3 aromatic rings. The Bertz CT molecular complexity index is 1500. The van der Waals surface area contributed by atoms with Gasteiger partial charge < -0.3 is 10.1 Å². The second-order valence-corrected chi connectivity index (χ2v) is 9.57. The minimum Gasteiger partial charge on any atom is -0.454 e. The molecule has 4 rings (SSSR count). The quantitative estimate of drug-likeness (QED) is 0.521. The predicted molar refractivity (Wildman–Crippen MR) is 124 cm³/mol. The van der Waals surface area contributed by atoms with Gasteiger partial charge in [0.15, 0.2) is 6.61 Å². The van der Waals surface area contributed by atoms with Crippen LogP contribution in [0.4, 0.5) is 5.82 Å². The first kappa shape index (κ1) is 23.7. The maximum absolute atomic E-state index is 12.6. The number of anilines is 1. The molecule has 1 N–H and O–H groups in total. The zero-order valence-electron chi connectivity index (χ0n) is 18.8. The highest BCUT2D eigenvalue weighted by atomic mass is 32.2. The minimum absolute atomic E-state index is 0.0329. The van der Waals surface area contributed by atoms with E-state index in [2.05, 4.69) is 11.4 Å². The molecule has 1 aromatic heterocycles. The van der Waals surface area contributed by atoms with Crippen molar-refractivity contribution >= 4 is 33.6 Å². The summed E-state index contributed by atoms with van der Waals surface area (Å²) in [5.41, 5.74) is 2.38. The van der Waals surface area contributed by atoms with Crippen LogP contribution in [0.2, 0.25) is 0 Å². The zero-order chi connectivity index (χ0) is 25.3. The first-order valence-electron chi connectivity index (χ1n) is 10.5. The van der Waals surface area contributed by atoms with E-state index in [1.807, 2.05) is 37.3 Å². The van der Waals surface area contributed by atoms with Gasteiger partial charge in [-0.15, -0.1) is 0 Å². The van der Waals surface area contributed by atoms with Crippen LogP contribution in [-0.2, 0) is 24.3 Å². The first-order valence-corrected chi connectivity index (χ1v) is 11.9. The molecular weight excluding hydrogens is 472 g/mol. The number of amides is 2. The lowest BCUT2D eigenvalue weighted by atomic mass is 10.2. The van der Waals surface area contributed by atoms with Crippen LogP contribution in [0.1, 0.15) is 27.2 Å². The predicted octanol–water partition coefficient (Wildman–Crippen LogP) is 2.29. The molecule has 2 amide bonds. The molecule has 35 heavy (non-hydrogen) atoms. The summed E-state index contributed by atoms with van der Waals surface area (Å²) in [6.07, 6.45) is 0. The fourth-order valence-electron chi connectivity index (χ4n) is 3.83. The lowest BCUT2D eigenvalue weighted by Crippen LogP contribution is -2.36. The van der Waals surface area contributed by atoms with Crippen molar-refractivity contribution in [3.05, 3.63) is 77.0 Å². The molecule has 178 valence electrons. The summed E-state index contributed by atoms with van der Waals surface area (Å²) < 4.78 is 32.2. The molecule has 0 saturated heterocycles. The normalized spacial score (nSPS) is 13.7. The number of fused-ring (bicyclic) bond motifs is 1. The number of aromatic nitrogens is 1. The summed E-state index contributed by atoms with van der Waals surface area (Å²) in [5, 5.41) is 12.2. The number of ether oxygens (including phenoxy) is 1. The Kier molecular flexibility index (Phi) is 6.15. The molecule has 11 heteroatoms. The van der Waals surface area contributed by atoms with E-state index >= 15 is 0 Å². The van der Waals surface area contributed by atoms with Crippen LogP contribution in [0, 0.1) is 25.2 Å². The van der Waals surface area contributed by atoms with E-state index in [1.165, 1.54) is 24.3 Å². The van der Waals surface area contributed by atoms with Crippen LogP contribution in [-0.4, -0.2) is 48.2 Å². The van der Waals surface area contributed by atoms with E-state index < -0.39 is 41.0 Å². The van der Waals surface area contributed by atoms with Gasteiger partial charge in [-0.25, -0.2) is 12.7 Å². The number of rotatable bonds is 6. The van der Waals surface area contributed by atoms with Gasteiger partial charge in [-0.1, -0.05) is 30.3 Å². The number of esters is 1. The van der Waals surface area contributed by atoms with Gasteiger partial charge in [0.1, 0.15) is 23.3 Å². The van der Waals surface area contributed by atoms with Crippen LogP contribution in [0.15, 0.2) is 59.5 Å². The van der Waals surface area contributed by atoms with Gasteiger partial charge in [0, 0.05) is 11.4 Å². The number of benzene rings is 2. The molecular formula is C24H20N4O6S.